The Balaban J connectivity index is 1.85. The van der Waals surface area contributed by atoms with E-state index in [1.807, 2.05) is 13.8 Å². The van der Waals surface area contributed by atoms with E-state index in [1.54, 1.807) is 31.2 Å². The van der Waals surface area contributed by atoms with E-state index in [0.717, 1.165) is 0 Å². The summed E-state index contributed by atoms with van der Waals surface area (Å²) in [6, 6.07) is 9.14. The van der Waals surface area contributed by atoms with Crippen molar-refractivity contribution in [3.63, 3.8) is 0 Å². The van der Waals surface area contributed by atoms with Crippen molar-refractivity contribution < 1.29 is 28.2 Å². The first-order valence-corrected chi connectivity index (χ1v) is 12.2. The molecule has 2 aliphatic rings. The zero-order chi connectivity index (χ0) is 26.2. The molecule has 0 bridgehead atoms. The molecule has 0 saturated carbocycles. The van der Waals surface area contributed by atoms with Gasteiger partial charge in [-0.05, 0) is 42.7 Å². The third-order valence-electron chi connectivity index (χ3n) is 6.17. The van der Waals surface area contributed by atoms with E-state index in [2.05, 4.69) is 0 Å². The first-order valence-electron chi connectivity index (χ1n) is 11.5. The van der Waals surface area contributed by atoms with E-state index in [4.69, 9.17) is 43.1 Å². The van der Waals surface area contributed by atoms with Crippen molar-refractivity contribution in [1.29, 1.82) is 0 Å². The molecule has 1 aliphatic heterocycles. The van der Waals surface area contributed by atoms with Gasteiger partial charge < -0.3 is 19.9 Å². The normalized spacial score (nSPS) is 19.1. The van der Waals surface area contributed by atoms with Crippen molar-refractivity contribution >= 4 is 35.0 Å². The molecule has 2 aromatic rings. The Bertz CT molecular complexity index is 1280. The predicted molar refractivity (Wildman–Crippen MR) is 134 cm³/mol. The number of hydrogen-bond acceptors (Lipinski definition) is 6. The Morgan fingerprint density at radius 3 is 2.67 bits per heavy atom. The SMILES string of the molecule is CCOC(=O)C1=C(N)OC2=C(C(=O)CC(C)(C)C2)C1c1cc(Cl)ccc1OCc1c(F)cccc1Cl. The van der Waals surface area contributed by atoms with Gasteiger partial charge in [0.15, 0.2) is 5.78 Å². The number of carbonyl (C=O) groups is 2. The van der Waals surface area contributed by atoms with Crippen LogP contribution in [0.2, 0.25) is 10.0 Å². The average Bonchev–Trinajstić information content (AvgIpc) is 2.77. The molecular weight excluding hydrogens is 508 g/mol. The standard InChI is InChI=1S/C27H26Cl2FNO5/c1-4-34-26(33)24-22(23-19(32)11-27(2,3)12-21(23)36-25(24)31)15-10-14(28)8-9-20(15)35-13-16-17(29)6-5-7-18(16)30/h5-10,22H,4,11-13,31H2,1-3H3. The number of ketones is 1. The van der Waals surface area contributed by atoms with Crippen LogP contribution in [0.3, 0.4) is 0 Å². The second-order valence-electron chi connectivity index (χ2n) is 9.48. The van der Waals surface area contributed by atoms with Crippen LogP contribution in [-0.2, 0) is 25.7 Å². The van der Waals surface area contributed by atoms with Gasteiger partial charge in [-0.2, -0.15) is 0 Å². The van der Waals surface area contributed by atoms with Gasteiger partial charge in [0.1, 0.15) is 29.5 Å². The number of esters is 1. The first-order chi connectivity index (χ1) is 17.0. The van der Waals surface area contributed by atoms with Crippen LogP contribution in [0.25, 0.3) is 0 Å². The molecule has 0 spiro atoms. The number of ether oxygens (including phenoxy) is 3. The molecule has 36 heavy (non-hydrogen) atoms. The van der Waals surface area contributed by atoms with E-state index in [1.165, 1.54) is 12.1 Å². The van der Waals surface area contributed by atoms with Gasteiger partial charge in [-0.1, -0.05) is 43.1 Å². The van der Waals surface area contributed by atoms with Crippen molar-refractivity contribution in [3.05, 3.63) is 86.2 Å². The molecule has 6 nitrogen and oxygen atoms in total. The van der Waals surface area contributed by atoms with Crippen molar-refractivity contribution in [1.82, 2.24) is 0 Å². The summed E-state index contributed by atoms with van der Waals surface area (Å²) in [6.45, 7) is 5.49. The monoisotopic (exact) mass is 533 g/mol. The maximum absolute atomic E-state index is 14.4. The second-order valence-corrected chi connectivity index (χ2v) is 10.3. The molecule has 9 heteroatoms. The molecule has 0 saturated heterocycles. The fourth-order valence-corrected chi connectivity index (χ4v) is 5.00. The van der Waals surface area contributed by atoms with Gasteiger partial charge >= 0.3 is 5.97 Å². The summed E-state index contributed by atoms with van der Waals surface area (Å²) in [5.41, 5.74) is 6.76. The third-order valence-corrected chi connectivity index (χ3v) is 6.76. The van der Waals surface area contributed by atoms with Gasteiger partial charge in [0.25, 0.3) is 0 Å². The highest BCUT2D eigenvalue weighted by atomic mass is 35.5. The Morgan fingerprint density at radius 2 is 1.97 bits per heavy atom. The van der Waals surface area contributed by atoms with Gasteiger partial charge in [-0.3, -0.25) is 4.79 Å². The molecule has 0 radical (unpaired) electrons. The molecular formula is C27H26Cl2FNO5. The van der Waals surface area contributed by atoms with Crippen LogP contribution in [0.4, 0.5) is 4.39 Å². The quantitative estimate of drug-likeness (QED) is 0.444. The van der Waals surface area contributed by atoms with Crippen LogP contribution in [0.5, 0.6) is 5.75 Å². The summed E-state index contributed by atoms with van der Waals surface area (Å²) in [6.07, 6.45) is 0.701. The topological polar surface area (TPSA) is 87.9 Å². The fraction of sp³-hybridized carbons (Fsp3) is 0.333. The minimum Gasteiger partial charge on any atom is -0.488 e. The van der Waals surface area contributed by atoms with E-state index in [-0.39, 0.29) is 58.6 Å². The minimum absolute atomic E-state index is 0.0142. The number of benzene rings is 2. The van der Waals surface area contributed by atoms with Crippen LogP contribution >= 0.6 is 23.2 Å². The second kappa shape index (κ2) is 10.1. The molecule has 1 atom stereocenters. The van der Waals surface area contributed by atoms with E-state index in [0.29, 0.717) is 28.3 Å². The van der Waals surface area contributed by atoms with Crippen molar-refractivity contribution in [2.75, 3.05) is 6.61 Å². The number of rotatable bonds is 6. The molecule has 190 valence electrons. The largest absolute Gasteiger partial charge is 0.488 e. The van der Waals surface area contributed by atoms with E-state index < -0.39 is 17.7 Å². The summed E-state index contributed by atoms with van der Waals surface area (Å²) < 4.78 is 31.5. The maximum atomic E-state index is 14.4. The summed E-state index contributed by atoms with van der Waals surface area (Å²) in [5, 5.41) is 0.558. The first kappa shape index (κ1) is 26.0. The lowest BCUT2D eigenvalue weighted by Gasteiger charge is -2.38. The third kappa shape index (κ3) is 5.08. The maximum Gasteiger partial charge on any atom is 0.340 e. The lowest BCUT2D eigenvalue weighted by atomic mass is 9.70. The van der Waals surface area contributed by atoms with Gasteiger partial charge in [0, 0.05) is 34.6 Å². The number of carbonyl (C=O) groups excluding carboxylic acids is 2. The van der Waals surface area contributed by atoms with Crippen LogP contribution in [0, 0.1) is 11.2 Å². The van der Waals surface area contributed by atoms with Crippen molar-refractivity contribution in [2.24, 2.45) is 11.1 Å². The zero-order valence-electron chi connectivity index (χ0n) is 20.1. The average molecular weight is 534 g/mol. The summed E-state index contributed by atoms with van der Waals surface area (Å²) in [5.74, 6) is -1.82. The van der Waals surface area contributed by atoms with Crippen LogP contribution in [0.1, 0.15) is 50.7 Å². The fourth-order valence-electron chi connectivity index (χ4n) is 4.60. The molecule has 4 rings (SSSR count). The zero-order valence-corrected chi connectivity index (χ0v) is 21.6. The summed E-state index contributed by atoms with van der Waals surface area (Å²) >= 11 is 12.5. The smallest absolute Gasteiger partial charge is 0.340 e. The van der Waals surface area contributed by atoms with Crippen molar-refractivity contribution in [2.45, 2.75) is 46.1 Å². The molecule has 0 fully saturated rings. The number of halogens is 3. The highest BCUT2D eigenvalue weighted by molar-refractivity contribution is 6.31. The van der Waals surface area contributed by atoms with Crippen LogP contribution in [0.15, 0.2) is 59.2 Å². The lowest BCUT2D eigenvalue weighted by molar-refractivity contribution is -0.139. The van der Waals surface area contributed by atoms with Gasteiger partial charge in [0.2, 0.25) is 5.88 Å². The van der Waals surface area contributed by atoms with E-state index >= 15 is 0 Å². The number of allylic oxidation sites excluding steroid dienone is 2. The Labute approximate surface area is 218 Å². The van der Waals surface area contributed by atoms with Gasteiger partial charge in [-0.15, -0.1) is 0 Å². The predicted octanol–water partition coefficient (Wildman–Crippen LogP) is 6.20. The molecule has 1 unspecified atom stereocenters. The highest BCUT2D eigenvalue weighted by Crippen LogP contribution is 2.50. The summed E-state index contributed by atoms with van der Waals surface area (Å²) in [7, 11) is 0. The Morgan fingerprint density at radius 1 is 1.22 bits per heavy atom. The molecule has 0 amide bonds. The molecule has 1 aliphatic carbocycles. The Kier molecular flexibility index (Phi) is 7.34. The van der Waals surface area contributed by atoms with Crippen LogP contribution < -0.4 is 10.5 Å². The molecule has 1 heterocycles. The van der Waals surface area contributed by atoms with E-state index in [9.17, 15) is 14.0 Å². The highest BCUT2D eigenvalue weighted by Gasteiger charge is 2.46. The molecule has 2 N–H and O–H groups in total. The molecule has 0 aromatic heterocycles. The van der Waals surface area contributed by atoms with Gasteiger partial charge in [0.05, 0.1) is 17.5 Å². The lowest BCUT2D eigenvalue weighted by Crippen LogP contribution is -2.35. The summed E-state index contributed by atoms with van der Waals surface area (Å²) in [4.78, 5) is 26.5. The minimum atomic E-state index is -0.943. The number of Topliss-reactive ketones (excluding diaryl/α,β-unsaturated/α-hetero) is 1. The number of hydrogen-bond donors (Lipinski definition) is 1. The molecule has 2 aromatic carbocycles. The Hall–Kier alpha value is -3.03. The van der Waals surface area contributed by atoms with Crippen molar-refractivity contribution in [3.8, 4) is 5.75 Å². The van der Waals surface area contributed by atoms with Crippen LogP contribution in [-0.4, -0.2) is 18.4 Å². The van der Waals surface area contributed by atoms with Gasteiger partial charge in [-0.25, -0.2) is 9.18 Å². The number of nitrogens with two attached hydrogens (primary N) is 1.